The molecular formula is C15H9N3O6. The number of nitro groups is 1. The fourth-order valence-corrected chi connectivity index (χ4v) is 2.13. The summed E-state index contributed by atoms with van der Waals surface area (Å²) in [5.41, 5.74) is -0.0912. The average Bonchev–Trinajstić information content (AvgIpc) is 3.01. The van der Waals surface area contributed by atoms with Gasteiger partial charge in [0, 0.05) is 0 Å². The molecule has 4 amide bonds. The van der Waals surface area contributed by atoms with Crippen LogP contribution in [-0.4, -0.2) is 22.8 Å². The first-order valence-corrected chi connectivity index (χ1v) is 6.68. The van der Waals surface area contributed by atoms with Crippen LogP contribution in [0.2, 0.25) is 0 Å². The van der Waals surface area contributed by atoms with Gasteiger partial charge in [-0.25, -0.2) is 9.69 Å². The summed E-state index contributed by atoms with van der Waals surface area (Å²) < 4.78 is 4.90. The van der Waals surface area contributed by atoms with Crippen molar-refractivity contribution in [1.29, 1.82) is 0 Å². The Morgan fingerprint density at radius 2 is 1.79 bits per heavy atom. The van der Waals surface area contributed by atoms with E-state index in [2.05, 4.69) is 0 Å². The van der Waals surface area contributed by atoms with Crippen LogP contribution in [0.4, 0.5) is 16.4 Å². The highest BCUT2D eigenvalue weighted by atomic mass is 16.6. The highest BCUT2D eigenvalue weighted by Gasteiger charge is 2.37. The quantitative estimate of drug-likeness (QED) is 0.397. The standard InChI is InChI=1S/C15H9N3O6/c19-13-11(8-10-6-7-12(24-10)18(22)23)14(20)17(15(21)16-13)9-4-2-1-3-5-9/h1-8H,(H,16,19,21)/b11-8+. The highest BCUT2D eigenvalue weighted by Crippen LogP contribution is 2.23. The van der Waals surface area contributed by atoms with Crippen molar-refractivity contribution in [3.8, 4) is 0 Å². The van der Waals surface area contributed by atoms with Crippen LogP contribution in [0.5, 0.6) is 0 Å². The van der Waals surface area contributed by atoms with E-state index in [1.807, 2.05) is 5.32 Å². The lowest BCUT2D eigenvalue weighted by molar-refractivity contribution is -0.402. The monoisotopic (exact) mass is 327 g/mol. The van der Waals surface area contributed by atoms with Crippen LogP contribution in [-0.2, 0) is 9.59 Å². The lowest BCUT2D eigenvalue weighted by Gasteiger charge is -2.26. The Morgan fingerprint density at radius 3 is 2.42 bits per heavy atom. The molecule has 1 aromatic heterocycles. The van der Waals surface area contributed by atoms with E-state index >= 15 is 0 Å². The van der Waals surface area contributed by atoms with Crippen LogP contribution in [0.3, 0.4) is 0 Å². The van der Waals surface area contributed by atoms with Crippen LogP contribution >= 0.6 is 0 Å². The number of imide groups is 2. The SMILES string of the molecule is O=C1NC(=O)N(c2ccccc2)C(=O)/C1=C/c1ccc([N+](=O)[O-])o1. The van der Waals surface area contributed by atoms with E-state index in [-0.39, 0.29) is 17.0 Å². The maximum atomic E-state index is 12.5. The minimum absolute atomic E-state index is 0.0532. The van der Waals surface area contributed by atoms with Crippen LogP contribution in [0, 0.1) is 10.1 Å². The van der Waals surface area contributed by atoms with Crippen molar-refractivity contribution < 1.29 is 23.7 Å². The molecule has 1 aromatic carbocycles. The van der Waals surface area contributed by atoms with E-state index in [0.717, 1.165) is 17.0 Å². The maximum Gasteiger partial charge on any atom is 0.433 e. The normalized spacial score (nSPS) is 16.4. The van der Waals surface area contributed by atoms with Gasteiger partial charge in [0.1, 0.15) is 16.3 Å². The number of carbonyl (C=O) groups is 3. The third kappa shape index (κ3) is 2.65. The Kier molecular flexibility index (Phi) is 3.66. The van der Waals surface area contributed by atoms with Crippen molar-refractivity contribution in [1.82, 2.24) is 5.32 Å². The number of nitrogens with one attached hydrogen (secondary N) is 1. The molecule has 1 aliphatic heterocycles. The van der Waals surface area contributed by atoms with Gasteiger partial charge in [-0.05, 0) is 24.3 Å². The van der Waals surface area contributed by atoms with Gasteiger partial charge in [-0.2, -0.15) is 0 Å². The predicted molar refractivity (Wildman–Crippen MR) is 80.8 cm³/mol. The molecule has 120 valence electrons. The van der Waals surface area contributed by atoms with Crippen LogP contribution in [0.25, 0.3) is 6.08 Å². The molecule has 2 heterocycles. The third-order valence-corrected chi connectivity index (χ3v) is 3.20. The molecule has 1 N–H and O–H groups in total. The number of hydrogen-bond donors (Lipinski definition) is 1. The number of carbonyl (C=O) groups excluding carboxylic acids is 3. The largest absolute Gasteiger partial charge is 0.433 e. The summed E-state index contributed by atoms with van der Waals surface area (Å²) in [5, 5.41) is 12.6. The number of hydrogen-bond acceptors (Lipinski definition) is 6. The van der Waals surface area contributed by atoms with Crippen molar-refractivity contribution in [2.75, 3.05) is 4.90 Å². The number of anilines is 1. The summed E-state index contributed by atoms with van der Waals surface area (Å²) in [4.78, 5) is 47.0. The topological polar surface area (TPSA) is 123 Å². The van der Waals surface area contributed by atoms with Gasteiger partial charge >= 0.3 is 11.9 Å². The second kappa shape index (κ2) is 5.80. The van der Waals surface area contributed by atoms with Gasteiger partial charge in [-0.1, -0.05) is 18.2 Å². The molecule has 0 atom stereocenters. The number of urea groups is 1. The third-order valence-electron chi connectivity index (χ3n) is 3.20. The fourth-order valence-electron chi connectivity index (χ4n) is 2.13. The minimum atomic E-state index is -0.906. The van der Waals surface area contributed by atoms with Gasteiger partial charge in [0.25, 0.3) is 11.8 Å². The number of furan rings is 1. The van der Waals surface area contributed by atoms with Crippen molar-refractivity contribution in [3.05, 3.63) is 63.9 Å². The number of benzene rings is 1. The smallest absolute Gasteiger partial charge is 0.401 e. The number of rotatable bonds is 3. The summed E-state index contributed by atoms with van der Waals surface area (Å²) in [6, 6.07) is 9.49. The Bertz CT molecular complexity index is 884. The first kappa shape index (κ1) is 15.2. The van der Waals surface area contributed by atoms with Crippen LogP contribution < -0.4 is 10.2 Å². The van der Waals surface area contributed by atoms with Crippen molar-refractivity contribution in [2.24, 2.45) is 0 Å². The molecule has 0 unspecified atom stereocenters. The number of nitrogens with zero attached hydrogens (tertiary/aromatic N) is 2. The van der Waals surface area contributed by atoms with E-state index in [1.165, 1.54) is 18.2 Å². The fraction of sp³-hybridized carbons (Fsp3) is 0. The molecule has 0 bridgehead atoms. The molecule has 0 aliphatic carbocycles. The zero-order valence-corrected chi connectivity index (χ0v) is 12.0. The molecular weight excluding hydrogens is 318 g/mol. The van der Waals surface area contributed by atoms with E-state index in [0.29, 0.717) is 0 Å². The minimum Gasteiger partial charge on any atom is -0.401 e. The summed E-state index contributed by atoms with van der Waals surface area (Å²) in [7, 11) is 0. The molecule has 9 heteroatoms. The van der Waals surface area contributed by atoms with E-state index < -0.39 is 28.7 Å². The summed E-state index contributed by atoms with van der Waals surface area (Å²) in [6.45, 7) is 0. The molecule has 0 spiro atoms. The second-order valence-corrected chi connectivity index (χ2v) is 4.73. The summed E-state index contributed by atoms with van der Waals surface area (Å²) in [6.07, 6.45) is 1.05. The summed E-state index contributed by atoms with van der Waals surface area (Å²) >= 11 is 0. The van der Waals surface area contributed by atoms with Gasteiger partial charge in [0.2, 0.25) is 0 Å². The Morgan fingerprint density at radius 1 is 1.08 bits per heavy atom. The zero-order valence-electron chi connectivity index (χ0n) is 12.0. The number of amides is 4. The Hall–Kier alpha value is -3.75. The van der Waals surface area contributed by atoms with Crippen LogP contribution in [0.1, 0.15) is 5.76 Å². The predicted octanol–water partition coefficient (Wildman–Crippen LogP) is 1.85. The molecule has 9 nitrogen and oxygen atoms in total. The molecule has 3 rings (SSSR count). The lowest BCUT2D eigenvalue weighted by atomic mass is 10.1. The second-order valence-electron chi connectivity index (χ2n) is 4.73. The molecule has 2 aromatic rings. The molecule has 0 radical (unpaired) electrons. The highest BCUT2D eigenvalue weighted by molar-refractivity contribution is 6.39. The number of para-hydroxylation sites is 1. The van der Waals surface area contributed by atoms with Gasteiger partial charge in [-0.3, -0.25) is 25.0 Å². The van der Waals surface area contributed by atoms with E-state index in [1.54, 1.807) is 18.2 Å². The van der Waals surface area contributed by atoms with Crippen LogP contribution in [0.15, 0.2) is 52.5 Å². The Balaban J connectivity index is 1.99. The lowest BCUT2D eigenvalue weighted by Crippen LogP contribution is -2.54. The number of barbiturate groups is 1. The molecule has 1 aliphatic rings. The zero-order chi connectivity index (χ0) is 17.3. The average molecular weight is 327 g/mol. The maximum absolute atomic E-state index is 12.5. The molecule has 1 saturated heterocycles. The van der Waals surface area contributed by atoms with Gasteiger partial charge in [0.05, 0.1) is 11.8 Å². The first-order valence-electron chi connectivity index (χ1n) is 6.68. The summed E-state index contributed by atoms with van der Waals surface area (Å²) in [5.74, 6) is -2.34. The van der Waals surface area contributed by atoms with E-state index in [4.69, 9.17) is 4.42 Å². The molecule has 1 fully saturated rings. The van der Waals surface area contributed by atoms with Crippen molar-refractivity contribution in [3.63, 3.8) is 0 Å². The first-order chi connectivity index (χ1) is 11.5. The molecule has 24 heavy (non-hydrogen) atoms. The van der Waals surface area contributed by atoms with Gasteiger partial charge < -0.3 is 4.42 Å². The van der Waals surface area contributed by atoms with Crippen molar-refractivity contribution in [2.45, 2.75) is 0 Å². The molecule has 0 saturated carbocycles. The van der Waals surface area contributed by atoms with E-state index in [9.17, 15) is 24.5 Å². The van der Waals surface area contributed by atoms with Crippen molar-refractivity contribution >= 4 is 35.5 Å². The Labute approximate surface area is 134 Å². The van der Waals surface area contributed by atoms with Gasteiger partial charge in [0.15, 0.2) is 0 Å². The van der Waals surface area contributed by atoms with Gasteiger partial charge in [-0.15, -0.1) is 0 Å².